The van der Waals surface area contributed by atoms with Gasteiger partial charge in [0.1, 0.15) is 11.5 Å². The quantitative estimate of drug-likeness (QED) is 0.663. The summed E-state index contributed by atoms with van der Waals surface area (Å²) in [7, 11) is 0. The van der Waals surface area contributed by atoms with E-state index >= 15 is 0 Å². The standard InChI is InChI=1S/C14H11NO4.C12H23N/c15-7-9(14(18)19)5-12-11-6-10(16)3-1-8(11)2-4-13(12)17;1-3-7-11(8-4-1)13-12-9-5-2-6-10-12/h1-4,6,9,16-17H,5H2,(H,18,19);11-13H,1-10H2. The normalized spacial score (nSPS) is 18.3. The van der Waals surface area contributed by atoms with E-state index in [4.69, 9.17) is 5.26 Å². The molecular weight excluding hydrogens is 404 g/mol. The summed E-state index contributed by atoms with van der Waals surface area (Å²) in [5.41, 5.74) is 0.309. The van der Waals surface area contributed by atoms with Gasteiger partial charge in [0.25, 0.3) is 0 Å². The lowest BCUT2D eigenvalue weighted by molar-refractivity contribution is -0.725. The Bertz CT molecular complexity index is 919. The molecule has 0 saturated heterocycles. The molecule has 6 heteroatoms. The molecule has 6 nitrogen and oxygen atoms in total. The van der Waals surface area contributed by atoms with Gasteiger partial charge < -0.3 is 25.4 Å². The first kappa shape index (κ1) is 23.9. The van der Waals surface area contributed by atoms with Gasteiger partial charge in [-0.25, -0.2) is 0 Å². The van der Waals surface area contributed by atoms with Gasteiger partial charge in [-0.05, 0) is 86.8 Å². The Morgan fingerprint density at radius 2 is 1.56 bits per heavy atom. The third-order valence-corrected chi connectivity index (χ3v) is 6.78. The maximum Gasteiger partial charge on any atom is 0.119 e. The van der Waals surface area contributed by atoms with E-state index < -0.39 is 11.9 Å². The highest BCUT2D eigenvalue weighted by Gasteiger charge is 2.22. The van der Waals surface area contributed by atoms with E-state index in [9.17, 15) is 20.1 Å². The topological polar surface area (TPSA) is 121 Å². The number of rotatable bonds is 5. The number of fused-ring (bicyclic) bond motifs is 1. The molecule has 0 amide bonds. The highest BCUT2D eigenvalue weighted by molar-refractivity contribution is 5.89. The second-order valence-electron chi connectivity index (χ2n) is 9.16. The zero-order valence-electron chi connectivity index (χ0n) is 18.6. The van der Waals surface area contributed by atoms with Crippen LogP contribution in [0.5, 0.6) is 11.5 Å². The average molecular weight is 439 g/mol. The minimum Gasteiger partial charge on any atom is -0.549 e. The van der Waals surface area contributed by atoms with Gasteiger partial charge in [0.05, 0.1) is 30.0 Å². The highest BCUT2D eigenvalue weighted by atomic mass is 16.4. The number of carboxylic acids is 1. The number of nitrogens with two attached hydrogens (primary N) is 1. The Morgan fingerprint density at radius 1 is 1.00 bits per heavy atom. The second-order valence-corrected chi connectivity index (χ2v) is 9.16. The molecule has 0 aromatic heterocycles. The molecule has 2 aliphatic carbocycles. The fraction of sp³-hybridized carbons (Fsp3) is 0.538. The monoisotopic (exact) mass is 438 g/mol. The third-order valence-electron chi connectivity index (χ3n) is 6.78. The van der Waals surface area contributed by atoms with Crippen LogP contribution in [0, 0.1) is 17.2 Å². The van der Waals surface area contributed by atoms with Gasteiger partial charge >= 0.3 is 0 Å². The number of carboxylic acid groups (broad SMARTS) is 1. The predicted molar refractivity (Wildman–Crippen MR) is 121 cm³/mol. The van der Waals surface area contributed by atoms with E-state index in [1.54, 1.807) is 18.2 Å². The van der Waals surface area contributed by atoms with Crippen molar-refractivity contribution in [3.8, 4) is 17.6 Å². The Hall–Kier alpha value is -2.78. The van der Waals surface area contributed by atoms with Gasteiger partial charge in [-0.2, -0.15) is 5.26 Å². The fourth-order valence-corrected chi connectivity index (χ4v) is 5.00. The molecule has 0 spiro atoms. The minimum atomic E-state index is -1.49. The van der Waals surface area contributed by atoms with E-state index in [0.717, 1.165) is 17.5 Å². The Balaban J connectivity index is 0.000000193. The van der Waals surface area contributed by atoms with E-state index in [-0.39, 0.29) is 17.9 Å². The Labute approximate surface area is 189 Å². The van der Waals surface area contributed by atoms with Crippen LogP contribution in [0.1, 0.15) is 69.8 Å². The molecule has 2 fully saturated rings. The summed E-state index contributed by atoms with van der Waals surface area (Å²) in [5.74, 6) is -2.95. The zero-order chi connectivity index (χ0) is 22.9. The molecule has 1 atom stereocenters. The van der Waals surface area contributed by atoms with Gasteiger partial charge in [-0.1, -0.05) is 25.0 Å². The number of hydrogen-bond acceptors (Lipinski definition) is 5. The van der Waals surface area contributed by atoms with E-state index in [1.165, 1.54) is 82.4 Å². The summed E-state index contributed by atoms with van der Waals surface area (Å²) >= 11 is 0. The maximum absolute atomic E-state index is 10.8. The fourth-order valence-electron chi connectivity index (χ4n) is 5.00. The summed E-state index contributed by atoms with van der Waals surface area (Å²) in [5, 5.41) is 42.8. The summed E-state index contributed by atoms with van der Waals surface area (Å²) in [6.45, 7) is 0. The molecule has 0 heterocycles. The summed E-state index contributed by atoms with van der Waals surface area (Å²) in [6, 6.07) is 11.3. The van der Waals surface area contributed by atoms with Crippen LogP contribution in [0.3, 0.4) is 0 Å². The molecular formula is C26H34N2O4. The van der Waals surface area contributed by atoms with Gasteiger partial charge in [0.15, 0.2) is 0 Å². The van der Waals surface area contributed by atoms with Crippen LogP contribution in [-0.4, -0.2) is 28.3 Å². The van der Waals surface area contributed by atoms with E-state index in [0.29, 0.717) is 10.9 Å². The van der Waals surface area contributed by atoms with Gasteiger partial charge in [-0.3, -0.25) is 0 Å². The first-order valence-corrected chi connectivity index (χ1v) is 11.9. The lowest BCUT2D eigenvalue weighted by Gasteiger charge is -2.27. The van der Waals surface area contributed by atoms with Gasteiger partial charge in [-0.15, -0.1) is 0 Å². The van der Waals surface area contributed by atoms with Crippen molar-refractivity contribution in [3.05, 3.63) is 35.9 Å². The van der Waals surface area contributed by atoms with Crippen molar-refractivity contribution in [1.29, 1.82) is 5.26 Å². The summed E-state index contributed by atoms with van der Waals surface area (Å²) < 4.78 is 0. The van der Waals surface area contributed by atoms with Crippen LogP contribution in [-0.2, 0) is 11.2 Å². The number of carbonyl (C=O) groups is 1. The van der Waals surface area contributed by atoms with Crippen molar-refractivity contribution in [3.63, 3.8) is 0 Å². The molecule has 1 unspecified atom stereocenters. The van der Waals surface area contributed by atoms with Crippen LogP contribution in [0.15, 0.2) is 30.3 Å². The second kappa shape index (κ2) is 11.7. The van der Waals surface area contributed by atoms with Gasteiger partial charge in [0, 0.05) is 5.56 Å². The Kier molecular flexibility index (Phi) is 8.75. The molecule has 2 aromatic carbocycles. The number of phenols is 2. The number of aromatic hydroxyl groups is 2. The molecule has 2 aliphatic rings. The number of carbonyl (C=O) groups excluding carboxylic acids is 1. The first-order valence-electron chi connectivity index (χ1n) is 11.9. The van der Waals surface area contributed by atoms with Crippen LogP contribution >= 0.6 is 0 Å². The van der Waals surface area contributed by atoms with Crippen LogP contribution in [0.4, 0.5) is 0 Å². The zero-order valence-corrected chi connectivity index (χ0v) is 18.6. The van der Waals surface area contributed by atoms with Crippen molar-refractivity contribution >= 4 is 16.7 Å². The molecule has 0 bridgehead atoms. The molecule has 2 saturated carbocycles. The number of hydrogen-bond donors (Lipinski definition) is 3. The highest BCUT2D eigenvalue weighted by Crippen LogP contribution is 2.31. The average Bonchev–Trinajstić information content (AvgIpc) is 2.80. The SMILES string of the molecule is C1CCC([NH2+]C2CCCCC2)CC1.N#CC(Cc1c(O)ccc2ccc(O)cc12)C(=O)[O-]. The number of quaternary nitrogens is 1. The van der Waals surface area contributed by atoms with Crippen molar-refractivity contribution in [2.75, 3.05) is 0 Å². The molecule has 4 N–H and O–H groups in total. The van der Waals surface area contributed by atoms with Crippen molar-refractivity contribution in [2.24, 2.45) is 5.92 Å². The third kappa shape index (κ3) is 6.61. The number of phenolic OH excluding ortho intramolecular Hbond substituents is 2. The van der Waals surface area contributed by atoms with E-state index in [1.807, 2.05) is 0 Å². The van der Waals surface area contributed by atoms with Gasteiger partial charge in [0.2, 0.25) is 0 Å². The van der Waals surface area contributed by atoms with Crippen LogP contribution in [0.25, 0.3) is 10.8 Å². The Morgan fingerprint density at radius 3 is 2.09 bits per heavy atom. The van der Waals surface area contributed by atoms with Crippen LogP contribution in [0.2, 0.25) is 0 Å². The smallest absolute Gasteiger partial charge is 0.119 e. The number of aliphatic carboxylic acids is 1. The van der Waals surface area contributed by atoms with Crippen molar-refractivity contribution < 1.29 is 25.4 Å². The first-order chi connectivity index (χ1) is 15.5. The molecule has 2 aromatic rings. The lowest BCUT2D eigenvalue weighted by atomic mass is 9.91. The largest absolute Gasteiger partial charge is 0.549 e. The molecule has 0 aliphatic heterocycles. The van der Waals surface area contributed by atoms with Crippen molar-refractivity contribution in [2.45, 2.75) is 82.7 Å². The molecule has 0 radical (unpaired) electrons. The van der Waals surface area contributed by atoms with Crippen LogP contribution < -0.4 is 10.4 Å². The summed E-state index contributed by atoms with van der Waals surface area (Å²) in [6.07, 6.45) is 14.8. The lowest BCUT2D eigenvalue weighted by Crippen LogP contribution is -2.95. The summed E-state index contributed by atoms with van der Waals surface area (Å²) in [4.78, 5) is 10.8. The molecule has 4 rings (SSSR count). The number of nitrogens with zero attached hydrogens (tertiary/aromatic N) is 1. The molecule has 32 heavy (non-hydrogen) atoms. The molecule has 172 valence electrons. The predicted octanol–water partition coefficient (Wildman–Crippen LogP) is 2.90. The number of benzene rings is 2. The van der Waals surface area contributed by atoms with E-state index in [2.05, 4.69) is 5.32 Å². The number of nitriles is 1. The minimum absolute atomic E-state index is 0.00121. The maximum atomic E-state index is 10.8. The van der Waals surface area contributed by atoms with Crippen molar-refractivity contribution in [1.82, 2.24) is 0 Å².